The van der Waals surface area contributed by atoms with Crippen molar-refractivity contribution in [1.29, 1.82) is 0 Å². The summed E-state index contributed by atoms with van der Waals surface area (Å²) in [5.74, 6) is 1.08. The Bertz CT molecular complexity index is 458. The minimum absolute atomic E-state index is 0.243. The zero-order chi connectivity index (χ0) is 14.9. The molecule has 3 heteroatoms. The van der Waals surface area contributed by atoms with Crippen LogP contribution in [0.25, 0.3) is 0 Å². The summed E-state index contributed by atoms with van der Waals surface area (Å²) >= 11 is 0. The molecule has 1 aliphatic rings. The zero-order valence-electron chi connectivity index (χ0n) is 13.8. The quantitative estimate of drug-likeness (QED) is 0.891. The van der Waals surface area contributed by atoms with Crippen molar-refractivity contribution in [3.63, 3.8) is 0 Å². The highest BCUT2D eigenvalue weighted by atomic mass is 15.2. The standard InChI is InChI=1S/C17H29N3/c1-12-9-14(11-18-15-7-8-15)10-16(19-12)20(6)13(2)17(3,4)5/h9-10,13,15,18H,7-8,11H2,1-6H3. The summed E-state index contributed by atoms with van der Waals surface area (Å²) in [6, 6.07) is 5.61. The molecule has 112 valence electrons. The van der Waals surface area contributed by atoms with E-state index in [-0.39, 0.29) is 5.41 Å². The normalized spacial score (nSPS) is 17.1. The molecule has 1 aliphatic carbocycles. The first kappa shape index (κ1) is 15.3. The highest BCUT2D eigenvalue weighted by Gasteiger charge is 2.25. The maximum Gasteiger partial charge on any atom is 0.129 e. The van der Waals surface area contributed by atoms with E-state index in [0.29, 0.717) is 6.04 Å². The molecule has 0 aliphatic heterocycles. The second kappa shape index (κ2) is 5.72. The summed E-state index contributed by atoms with van der Waals surface area (Å²) < 4.78 is 0. The lowest BCUT2D eigenvalue weighted by molar-refractivity contribution is 0.328. The van der Waals surface area contributed by atoms with Gasteiger partial charge in [-0.25, -0.2) is 4.98 Å². The van der Waals surface area contributed by atoms with Crippen molar-refractivity contribution in [3.8, 4) is 0 Å². The predicted octanol–water partition coefficient (Wildman–Crippen LogP) is 3.51. The molecule has 1 heterocycles. The molecule has 0 bridgehead atoms. The van der Waals surface area contributed by atoms with E-state index in [9.17, 15) is 0 Å². The van der Waals surface area contributed by atoms with Gasteiger partial charge in [-0.1, -0.05) is 20.8 Å². The maximum atomic E-state index is 4.71. The smallest absolute Gasteiger partial charge is 0.129 e. The Morgan fingerprint density at radius 3 is 2.55 bits per heavy atom. The second-order valence-electron chi connectivity index (χ2n) is 7.28. The molecule has 3 nitrogen and oxygen atoms in total. The third-order valence-corrected chi connectivity index (χ3v) is 4.37. The van der Waals surface area contributed by atoms with Crippen molar-refractivity contribution in [2.75, 3.05) is 11.9 Å². The molecule has 1 atom stereocenters. The van der Waals surface area contributed by atoms with Crippen molar-refractivity contribution in [2.45, 2.75) is 66.1 Å². The van der Waals surface area contributed by atoms with E-state index < -0.39 is 0 Å². The second-order valence-corrected chi connectivity index (χ2v) is 7.28. The highest BCUT2D eigenvalue weighted by Crippen LogP contribution is 2.27. The van der Waals surface area contributed by atoms with Gasteiger partial charge in [-0.05, 0) is 49.8 Å². The van der Waals surface area contributed by atoms with Gasteiger partial charge >= 0.3 is 0 Å². The van der Waals surface area contributed by atoms with Gasteiger partial charge in [-0.2, -0.15) is 0 Å². The molecule has 0 aromatic carbocycles. The first-order valence-electron chi connectivity index (χ1n) is 7.71. The van der Waals surface area contributed by atoms with Crippen LogP contribution in [0.3, 0.4) is 0 Å². The fourth-order valence-electron chi connectivity index (χ4n) is 2.33. The number of nitrogens with one attached hydrogen (secondary N) is 1. The minimum Gasteiger partial charge on any atom is -0.356 e. The van der Waals surface area contributed by atoms with Crippen molar-refractivity contribution in [2.24, 2.45) is 5.41 Å². The molecule has 1 aromatic rings. The van der Waals surface area contributed by atoms with Gasteiger partial charge < -0.3 is 10.2 Å². The molecule has 2 rings (SSSR count). The summed E-state index contributed by atoms with van der Waals surface area (Å²) in [5.41, 5.74) is 2.68. The number of aryl methyl sites for hydroxylation is 1. The lowest BCUT2D eigenvalue weighted by atomic mass is 9.87. The Morgan fingerprint density at radius 2 is 2.00 bits per heavy atom. The first-order chi connectivity index (χ1) is 9.27. The Morgan fingerprint density at radius 1 is 1.35 bits per heavy atom. The van der Waals surface area contributed by atoms with E-state index in [0.717, 1.165) is 24.1 Å². The Hall–Kier alpha value is -1.09. The van der Waals surface area contributed by atoms with Gasteiger partial charge in [0.2, 0.25) is 0 Å². The summed E-state index contributed by atoms with van der Waals surface area (Å²) in [6.07, 6.45) is 2.66. The summed E-state index contributed by atoms with van der Waals surface area (Å²) in [4.78, 5) is 7.01. The molecule has 0 spiro atoms. The SMILES string of the molecule is Cc1cc(CNC2CC2)cc(N(C)C(C)C(C)(C)C)n1. The van der Waals surface area contributed by atoms with Crippen LogP contribution in [0.1, 0.15) is 51.8 Å². The van der Waals surface area contributed by atoms with Gasteiger partial charge in [0, 0.05) is 31.4 Å². The van der Waals surface area contributed by atoms with Crippen LogP contribution < -0.4 is 10.2 Å². The molecule has 1 fully saturated rings. The molecule has 1 aromatic heterocycles. The Kier molecular flexibility index (Phi) is 4.38. The van der Waals surface area contributed by atoms with Gasteiger partial charge in [0.05, 0.1) is 0 Å². The van der Waals surface area contributed by atoms with E-state index in [2.05, 4.69) is 64.0 Å². The third kappa shape index (κ3) is 3.95. The third-order valence-electron chi connectivity index (χ3n) is 4.37. The predicted molar refractivity (Wildman–Crippen MR) is 86.2 cm³/mol. The fourth-order valence-corrected chi connectivity index (χ4v) is 2.33. The number of rotatable bonds is 5. The number of hydrogen-bond acceptors (Lipinski definition) is 3. The zero-order valence-corrected chi connectivity index (χ0v) is 13.8. The molecule has 0 amide bonds. The van der Waals surface area contributed by atoms with Gasteiger partial charge in [-0.15, -0.1) is 0 Å². The van der Waals surface area contributed by atoms with Crippen LogP contribution in [-0.4, -0.2) is 24.1 Å². The van der Waals surface area contributed by atoms with E-state index in [1.807, 2.05) is 0 Å². The van der Waals surface area contributed by atoms with E-state index in [1.165, 1.54) is 18.4 Å². The van der Waals surface area contributed by atoms with Crippen molar-refractivity contribution in [3.05, 3.63) is 23.4 Å². The average Bonchev–Trinajstić information content (AvgIpc) is 3.16. The van der Waals surface area contributed by atoms with E-state index in [1.54, 1.807) is 0 Å². The van der Waals surface area contributed by atoms with Crippen molar-refractivity contribution < 1.29 is 0 Å². The molecule has 1 N–H and O–H groups in total. The highest BCUT2D eigenvalue weighted by molar-refractivity contribution is 5.43. The summed E-state index contributed by atoms with van der Waals surface area (Å²) in [5, 5.41) is 3.58. The lowest BCUT2D eigenvalue weighted by Gasteiger charge is -2.36. The molecule has 1 saturated carbocycles. The van der Waals surface area contributed by atoms with Crippen LogP contribution in [0.15, 0.2) is 12.1 Å². The Balaban J connectivity index is 2.13. The number of pyridine rings is 1. The summed E-state index contributed by atoms with van der Waals surface area (Å²) in [6.45, 7) is 12.1. The van der Waals surface area contributed by atoms with Crippen LogP contribution in [0.2, 0.25) is 0 Å². The van der Waals surface area contributed by atoms with Crippen LogP contribution in [-0.2, 0) is 6.54 Å². The number of hydrogen-bond donors (Lipinski definition) is 1. The van der Waals surface area contributed by atoms with E-state index >= 15 is 0 Å². The van der Waals surface area contributed by atoms with Crippen molar-refractivity contribution in [1.82, 2.24) is 10.3 Å². The van der Waals surface area contributed by atoms with Crippen LogP contribution in [0, 0.1) is 12.3 Å². The van der Waals surface area contributed by atoms with Gasteiger partial charge in [0.1, 0.15) is 5.82 Å². The fraction of sp³-hybridized carbons (Fsp3) is 0.706. The number of nitrogens with zero attached hydrogens (tertiary/aromatic N) is 2. The molecule has 0 saturated heterocycles. The molecule has 20 heavy (non-hydrogen) atoms. The average molecular weight is 275 g/mol. The van der Waals surface area contributed by atoms with Crippen LogP contribution in [0.4, 0.5) is 5.82 Å². The largest absolute Gasteiger partial charge is 0.356 e. The topological polar surface area (TPSA) is 28.2 Å². The number of anilines is 1. The molecular formula is C17H29N3. The van der Waals surface area contributed by atoms with Crippen LogP contribution in [0.5, 0.6) is 0 Å². The Labute approximate surface area is 123 Å². The summed E-state index contributed by atoms with van der Waals surface area (Å²) in [7, 11) is 2.15. The van der Waals surface area contributed by atoms with E-state index in [4.69, 9.17) is 4.98 Å². The lowest BCUT2D eigenvalue weighted by Crippen LogP contribution is -2.40. The van der Waals surface area contributed by atoms with Gasteiger partial charge in [0.25, 0.3) is 0 Å². The van der Waals surface area contributed by atoms with Gasteiger partial charge in [0.15, 0.2) is 0 Å². The monoisotopic (exact) mass is 275 g/mol. The molecule has 1 unspecified atom stereocenters. The molecule has 0 radical (unpaired) electrons. The molecular weight excluding hydrogens is 246 g/mol. The van der Waals surface area contributed by atoms with Gasteiger partial charge in [-0.3, -0.25) is 0 Å². The maximum absolute atomic E-state index is 4.71. The van der Waals surface area contributed by atoms with Crippen molar-refractivity contribution >= 4 is 5.82 Å². The minimum atomic E-state index is 0.243. The number of aromatic nitrogens is 1. The van der Waals surface area contributed by atoms with Crippen LogP contribution >= 0.6 is 0 Å². The first-order valence-corrected chi connectivity index (χ1v) is 7.71.